The Kier molecular flexibility index (Phi) is 7.24. The molecule has 0 saturated carbocycles. The maximum Gasteiger partial charge on any atom is 0.261 e. The van der Waals surface area contributed by atoms with E-state index in [1.165, 1.54) is 0 Å². The molecule has 138 valence electrons. The number of hydrogen-bond donors (Lipinski definition) is 1. The minimum atomic E-state index is -0.395. The standard InChI is InChI=1S/C20H24N2O4/c1-4-25-10-6-9-22-20(23)17(13-21)12-16-11-15-7-5-8-18(24-3)19(15)26-14(16)2/h5,7-8,11-12,14H,4,6,9-10H2,1-3H3,(H,22,23). The molecule has 0 radical (unpaired) electrons. The van der Waals surface area contributed by atoms with Crippen LogP contribution in [-0.4, -0.2) is 38.9 Å². The Morgan fingerprint density at radius 2 is 2.27 bits per heavy atom. The fourth-order valence-electron chi connectivity index (χ4n) is 2.57. The Balaban J connectivity index is 2.13. The van der Waals surface area contributed by atoms with Gasteiger partial charge in [-0.15, -0.1) is 0 Å². The summed E-state index contributed by atoms with van der Waals surface area (Å²) in [5.74, 6) is 0.924. The zero-order chi connectivity index (χ0) is 18.9. The first-order valence-corrected chi connectivity index (χ1v) is 8.63. The third-order valence-electron chi connectivity index (χ3n) is 3.95. The molecule has 0 saturated heterocycles. The monoisotopic (exact) mass is 356 g/mol. The summed E-state index contributed by atoms with van der Waals surface area (Å²) >= 11 is 0. The summed E-state index contributed by atoms with van der Waals surface area (Å²) in [7, 11) is 1.59. The number of para-hydroxylation sites is 1. The molecule has 0 aliphatic carbocycles. The van der Waals surface area contributed by atoms with Gasteiger partial charge >= 0.3 is 0 Å². The molecular weight excluding hydrogens is 332 g/mol. The van der Waals surface area contributed by atoms with E-state index in [-0.39, 0.29) is 11.7 Å². The minimum Gasteiger partial charge on any atom is -0.493 e. The first kappa shape index (κ1) is 19.5. The van der Waals surface area contributed by atoms with E-state index in [9.17, 15) is 10.1 Å². The number of hydrogen-bond acceptors (Lipinski definition) is 5. The van der Waals surface area contributed by atoms with Crippen LogP contribution >= 0.6 is 0 Å². The Morgan fingerprint density at radius 1 is 1.46 bits per heavy atom. The van der Waals surface area contributed by atoms with E-state index in [0.717, 1.165) is 11.1 Å². The molecule has 0 aromatic heterocycles. The van der Waals surface area contributed by atoms with Crippen LogP contribution in [0.5, 0.6) is 11.5 Å². The summed E-state index contributed by atoms with van der Waals surface area (Å²) in [5.41, 5.74) is 1.66. The molecule has 1 unspecified atom stereocenters. The van der Waals surface area contributed by atoms with Crippen molar-refractivity contribution in [1.82, 2.24) is 5.32 Å². The van der Waals surface area contributed by atoms with Crippen LogP contribution in [0, 0.1) is 11.3 Å². The lowest BCUT2D eigenvalue weighted by atomic mass is 10.00. The summed E-state index contributed by atoms with van der Waals surface area (Å²) in [4.78, 5) is 12.2. The van der Waals surface area contributed by atoms with Crippen LogP contribution in [0.25, 0.3) is 6.08 Å². The highest BCUT2D eigenvalue weighted by atomic mass is 16.5. The number of ether oxygens (including phenoxy) is 3. The van der Waals surface area contributed by atoms with Gasteiger partial charge in [-0.05, 0) is 44.1 Å². The van der Waals surface area contributed by atoms with Crippen molar-refractivity contribution in [3.8, 4) is 17.6 Å². The second kappa shape index (κ2) is 9.64. The van der Waals surface area contributed by atoms with Crippen molar-refractivity contribution in [2.45, 2.75) is 26.4 Å². The average Bonchev–Trinajstić information content (AvgIpc) is 2.65. The van der Waals surface area contributed by atoms with Gasteiger partial charge < -0.3 is 19.5 Å². The Hall–Kier alpha value is -2.78. The largest absolute Gasteiger partial charge is 0.493 e. The van der Waals surface area contributed by atoms with Gasteiger partial charge in [-0.2, -0.15) is 5.26 Å². The van der Waals surface area contributed by atoms with Crippen LogP contribution in [0.4, 0.5) is 0 Å². The maximum atomic E-state index is 12.2. The van der Waals surface area contributed by atoms with Gasteiger partial charge in [0.25, 0.3) is 5.91 Å². The highest BCUT2D eigenvalue weighted by Gasteiger charge is 2.22. The first-order chi connectivity index (χ1) is 12.6. The molecule has 1 heterocycles. The SMILES string of the molecule is CCOCCCNC(=O)C(C#N)=CC1=Cc2cccc(OC)c2OC1C. The van der Waals surface area contributed by atoms with Crippen molar-refractivity contribution in [1.29, 1.82) is 5.26 Å². The molecule has 26 heavy (non-hydrogen) atoms. The number of amides is 1. The lowest BCUT2D eigenvalue weighted by molar-refractivity contribution is -0.117. The predicted octanol–water partition coefficient (Wildman–Crippen LogP) is 2.85. The number of nitriles is 1. The number of methoxy groups -OCH3 is 1. The molecule has 0 spiro atoms. The minimum absolute atomic E-state index is 0.0504. The van der Waals surface area contributed by atoms with Crippen LogP contribution in [0.15, 0.2) is 35.4 Å². The molecule has 6 heteroatoms. The topological polar surface area (TPSA) is 80.6 Å². The molecule has 2 rings (SSSR count). The zero-order valence-electron chi connectivity index (χ0n) is 15.4. The first-order valence-electron chi connectivity index (χ1n) is 8.63. The van der Waals surface area contributed by atoms with E-state index in [4.69, 9.17) is 14.2 Å². The summed E-state index contributed by atoms with van der Waals surface area (Å²) in [6.07, 6.45) is 3.89. The van der Waals surface area contributed by atoms with Crippen LogP contribution in [0.2, 0.25) is 0 Å². The Labute approximate surface area is 154 Å². The molecular formula is C20H24N2O4. The molecule has 1 aromatic rings. The molecule has 1 aliphatic heterocycles. The summed E-state index contributed by atoms with van der Waals surface area (Å²) in [6.45, 7) is 5.48. The number of nitrogens with zero attached hydrogens (tertiary/aromatic N) is 1. The van der Waals surface area contributed by atoms with Gasteiger partial charge in [0, 0.05) is 25.3 Å². The van der Waals surface area contributed by atoms with Crippen molar-refractivity contribution >= 4 is 12.0 Å². The lowest BCUT2D eigenvalue weighted by Crippen LogP contribution is -2.27. The highest BCUT2D eigenvalue weighted by molar-refractivity contribution is 5.98. The van der Waals surface area contributed by atoms with E-state index in [1.54, 1.807) is 13.2 Å². The number of carbonyl (C=O) groups is 1. The van der Waals surface area contributed by atoms with E-state index in [1.807, 2.05) is 44.2 Å². The van der Waals surface area contributed by atoms with Crippen LogP contribution in [-0.2, 0) is 9.53 Å². The number of nitrogens with one attached hydrogen (secondary N) is 1. The summed E-state index contributed by atoms with van der Waals surface area (Å²) < 4.78 is 16.5. The van der Waals surface area contributed by atoms with Gasteiger partial charge in [0.1, 0.15) is 17.7 Å². The van der Waals surface area contributed by atoms with Crippen molar-refractivity contribution in [2.75, 3.05) is 26.9 Å². The molecule has 1 N–H and O–H groups in total. The van der Waals surface area contributed by atoms with Crippen LogP contribution in [0.3, 0.4) is 0 Å². The number of rotatable bonds is 8. The second-order valence-corrected chi connectivity index (χ2v) is 5.76. The quantitative estimate of drug-likeness (QED) is 0.440. The normalized spacial score (nSPS) is 16.0. The van der Waals surface area contributed by atoms with E-state index < -0.39 is 5.91 Å². The number of benzene rings is 1. The number of fused-ring (bicyclic) bond motifs is 1. The van der Waals surface area contributed by atoms with Gasteiger partial charge in [0.05, 0.1) is 7.11 Å². The molecule has 1 aromatic carbocycles. The fraction of sp³-hybridized carbons (Fsp3) is 0.400. The van der Waals surface area contributed by atoms with E-state index in [0.29, 0.717) is 37.7 Å². The van der Waals surface area contributed by atoms with E-state index >= 15 is 0 Å². The van der Waals surface area contributed by atoms with Crippen LogP contribution < -0.4 is 14.8 Å². The van der Waals surface area contributed by atoms with Crippen molar-refractivity contribution in [3.05, 3.63) is 41.0 Å². The second-order valence-electron chi connectivity index (χ2n) is 5.76. The third-order valence-corrected chi connectivity index (χ3v) is 3.95. The van der Waals surface area contributed by atoms with Crippen molar-refractivity contribution in [3.63, 3.8) is 0 Å². The average molecular weight is 356 g/mol. The Morgan fingerprint density at radius 3 is 2.96 bits per heavy atom. The highest BCUT2D eigenvalue weighted by Crippen LogP contribution is 2.38. The smallest absolute Gasteiger partial charge is 0.261 e. The van der Waals surface area contributed by atoms with Crippen molar-refractivity contribution in [2.24, 2.45) is 0 Å². The maximum absolute atomic E-state index is 12.2. The van der Waals surface area contributed by atoms with Gasteiger partial charge in [0.15, 0.2) is 11.5 Å². The molecule has 0 fully saturated rings. The van der Waals surface area contributed by atoms with Gasteiger partial charge in [-0.1, -0.05) is 12.1 Å². The van der Waals surface area contributed by atoms with Gasteiger partial charge in [0.2, 0.25) is 0 Å². The van der Waals surface area contributed by atoms with Gasteiger partial charge in [-0.3, -0.25) is 4.79 Å². The summed E-state index contributed by atoms with van der Waals surface area (Å²) in [5, 5.41) is 12.1. The molecule has 6 nitrogen and oxygen atoms in total. The third kappa shape index (κ3) is 4.87. The zero-order valence-corrected chi connectivity index (χ0v) is 15.4. The fourth-order valence-corrected chi connectivity index (χ4v) is 2.57. The van der Waals surface area contributed by atoms with Crippen molar-refractivity contribution < 1.29 is 19.0 Å². The lowest BCUT2D eigenvalue weighted by Gasteiger charge is -2.24. The van der Waals surface area contributed by atoms with Crippen LogP contribution in [0.1, 0.15) is 25.8 Å². The molecule has 1 aliphatic rings. The Bertz CT molecular complexity index is 747. The van der Waals surface area contributed by atoms with Gasteiger partial charge in [-0.25, -0.2) is 0 Å². The number of carbonyl (C=O) groups excluding carboxylic acids is 1. The summed E-state index contributed by atoms with van der Waals surface area (Å²) in [6, 6.07) is 7.56. The molecule has 0 bridgehead atoms. The predicted molar refractivity (Wildman–Crippen MR) is 98.9 cm³/mol. The molecule has 1 amide bonds. The van der Waals surface area contributed by atoms with E-state index in [2.05, 4.69) is 5.32 Å². The molecule has 1 atom stereocenters.